The van der Waals surface area contributed by atoms with Crippen LogP contribution in [0, 0.1) is 13.8 Å². The molecule has 0 aromatic heterocycles. The minimum Gasteiger partial charge on any atom is -0.494 e. The zero-order chi connectivity index (χ0) is 34.6. The molecule has 0 amide bonds. The van der Waals surface area contributed by atoms with E-state index in [0.717, 1.165) is 6.08 Å². The predicted octanol–water partition coefficient (Wildman–Crippen LogP) is 4.38. The van der Waals surface area contributed by atoms with Gasteiger partial charge in [0.2, 0.25) is 6.29 Å². The molecule has 12 heteroatoms. The zero-order valence-electron chi connectivity index (χ0n) is 26.5. The van der Waals surface area contributed by atoms with Gasteiger partial charge in [0, 0.05) is 11.6 Å². The Kier molecular flexibility index (Phi) is 12.5. The van der Waals surface area contributed by atoms with Gasteiger partial charge in [-0.15, -0.1) is 0 Å². The summed E-state index contributed by atoms with van der Waals surface area (Å²) in [6.45, 7) is 7.56. The summed E-state index contributed by atoms with van der Waals surface area (Å²) in [4.78, 5) is 36.5. The van der Waals surface area contributed by atoms with Crippen molar-refractivity contribution in [2.75, 3.05) is 13.2 Å². The van der Waals surface area contributed by atoms with Crippen LogP contribution in [0.2, 0.25) is 0 Å². The summed E-state index contributed by atoms with van der Waals surface area (Å²) >= 11 is 0. The van der Waals surface area contributed by atoms with Gasteiger partial charge in [0.05, 0.1) is 24.3 Å². The number of esters is 3. The first-order valence-corrected chi connectivity index (χ1v) is 15.0. The highest BCUT2D eigenvalue weighted by atomic mass is 16.6. The van der Waals surface area contributed by atoms with Gasteiger partial charge in [-0.2, -0.15) is 0 Å². The van der Waals surface area contributed by atoms with E-state index in [9.17, 15) is 29.5 Å². The largest absolute Gasteiger partial charge is 0.494 e. The monoisotopic (exact) mass is 654 g/mol. The number of carbonyl (C=O) groups is 3. The van der Waals surface area contributed by atoms with Crippen LogP contribution in [-0.4, -0.2) is 53.4 Å². The molecule has 48 heavy (non-hydrogen) atoms. The van der Waals surface area contributed by atoms with Gasteiger partial charge in [0.25, 0.3) is 0 Å². The fourth-order valence-electron chi connectivity index (χ4n) is 4.33. The van der Waals surface area contributed by atoms with E-state index < -0.39 is 31.3 Å². The lowest BCUT2D eigenvalue weighted by atomic mass is 9.80. The Morgan fingerprint density at radius 2 is 1.27 bits per heavy atom. The molecule has 1 unspecified atom stereocenters. The molecule has 1 atom stereocenters. The highest BCUT2D eigenvalue weighted by Crippen LogP contribution is 2.32. The molecular formula is C36H35BO11. The molecule has 0 fully saturated rings. The number of unbranched alkanes of at least 4 members (excludes halogenated alkanes) is 1. The quantitative estimate of drug-likeness (QED) is 0.0417. The first-order valence-electron chi connectivity index (χ1n) is 15.0. The second kappa shape index (κ2) is 16.9. The van der Waals surface area contributed by atoms with Crippen molar-refractivity contribution in [3.8, 4) is 23.0 Å². The molecule has 248 valence electrons. The van der Waals surface area contributed by atoms with Crippen molar-refractivity contribution in [3.63, 3.8) is 0 Å². The van der Waals surface area contributed by atoms with E-state index in [1.807, 2.05) is 0 Å². The minimum absolute atomic E-state index is 0.236. The van der Waals surface area contributed by atoms with Gasteiger partial charge >= 0.3 is 25.0 Å². The predicted molar refractivity (Wildman–Crippen MR) is 176 cm³/mol. The van der Waals surface area contributed by atoms with Crippen molar-refractivity contribution in [2.24, 2.45) is 0 Å². The third-order valence-corrected chi connectivity index (χ3v) is 7.26. The Bertz CT molecular complexity index is 1720. The lowest BCUT2D eigenvalue weighted by Crippen LogP contribution is -2.29. The number of hydrogen-bond donors (Lipinski definition) is 3. The first kappa shape index (κ1) is 35.4. The molecule has 0 aliphatic heterocycles. The Balaban J connectivity index is 1.27. The molecular weight excluding hydrogens is 619 g/mol. The highest BCUT2D eigenvalue weighted by molar-refractivity contribution is 6.58. The zero-order valence-corrected chi connectivity index (χ0v) is 26.5. The summed E-state index contributed by atoms with van der Waals surface area (Å²) in [6, 6.07) is 21.5. The van der Waals surface area contributed by atoms with Gasteiger partial charge in [-0.1, -0.05) is 30.8 Å². The van der Waals surface area contributed by atoms with E-state index in [2.05, 4.69) is 6.58 Å². The van der Waals surface area contributed by atoms with Gasteiger partial charge in [0.15, 0.2) is 0 Å². The number of benzene rings is 4. The summed E-state index contributed by atoms with van der Waals surface area (Å²) in [6.07, 6.45) is 1.13. The lowest BCUT2D eigenvalue weighted by molar-refractivity contribution is -0.137. The smallest absolute Gasteiger partial charge is 0.488 e. The van der Waals surface area contributed by atoms with Crippen molar-refractivity contribution in [1.82, 2.24) is 0 Å². The first-order chi connectivity index (χ1) is 23.0. The molecule has 0 aliphatic carbocycles. The Labute approximate surface area is 278 Å². The lowest BCUT2D eigenvalue weighted by Gasteiger charge is -2.18. The van der Waals surface area contributed by atoms with Crippen LogP contribution in [0.15, 0.2) is 97.6 Å². The van der Waals surface area contributed by atoms with Crippen molar-refractivity contribution < 1.29 is 53.2 Å². The molecule has 4 rings (SSSR count). The second-order valence-corrected chi connectivity index (χ2v) is 10.6. The number of carbonyl (C=O) groups excluding carboxylic acids is 3. The van der Waals surface area contributed by atoms with Gasteiger partial charge < -0.3 is 38.8 Å². The number of aliphatic hydroxyl groups is 1. The fraction of sp³-hybridized carbons (Fsp3) is 0.194. The maximum absolute atomic E-state index is 12.9. The topological polar surface area (TPSA) is 158 Å². The number of aliphatic hydroxyl groups excluding tert-OH is 1. The molecule has 11 nitrogen and oxygen atoms in total. The van der Waals surface area contributed by atoms with Crippen LogP contribution in [0.3, 0.4) is 0 Å². The van der Waals surface area contributed by atoms with Crippen LogP contribution in [0.5, 0.6) is 23.0 Å². The number of hydrogen-bond acceptors (Lipinski definition) is 11. The molecule has 0 spiro atoms. The number of rotatable bonds is 15. The fourth-order valence-corrected chi connectivity index (χ4v) is 4.33. The Morgan fingerprint density at radius 3 is 1.88 bits per heavy atom. The van der Waals surface area contributed by atoms with Crippen LogP contribution >= 0.6 is 0 Å². The molecule has 0 radical (unpaired) electrons. The van der Waals surface area contributed by atoms with E-state index in [4.69, 9.17) is 23.7 Å². The maximum atomic E-state index is 12.9. The molecule has 4 aromatic rings. The van der Waals surface area contributed by atoms with Crippen LogP contribution in [0.1, 0.15) is 56.5 Å². The SMILES string of the molecule is C=CC(=O)OCCCCOc1ccc(C(=O)Oc2ccc(C(=O)Oc3ccc(OC(O)c4ccc(B(O)O)cc4)c(C)c3C)cc2)cc1. The average molecular weight is 654 g/mol. The van der Waals surface area contributed by atoms with Crippen LogP contribution in [0.25, 0.3) is 0 Å². The Morgan fingerprint density at radius 1 is 0.729 bits per heavy atom. The highest BCUT2D eigenvalue weighted by Gasteiger charge is 2.18. The maximum Gasteiger partial charge on any atom is 0.488 e. The second-order valence-electron chi connectivity index (χ2n) is 10.6. The number of ether oxygens (including phenoxy) is 5. The van der Waals surface area contributed by atoms with Gasteiger partial charge in [-0.25, -0.2) is 14.4 Å². The van der Waals surface area contributed by atoms with Crippen molar-refractivity contribution in [1.29, 1.82) is 0 Å². The summed E-state index contributed by atoms with van der Waals surface area (Å²) in [5.74, 6) is -0.167. The summed E-state index contributed by atoms with van der Waals surface area (Å²) in [5.41, 5.74) is 2.52. The van der Waals surface area contributed by atoms with Gasteiger partial charge in [-0.05, 0) is 104 Å². The van der Waals surface area contributed by atoms with Crippen molar-refractivity contribution in [2.45, 2.75) is 33.0 Å². The summed E-state index contributed by atoms with van der Waals surface area (Å²) in [5, 5.41) is 29.0. The molecule has 3 N–H and O–H groups in total. The average Bonchev–Trinajstić information content (AvgIpc) is 3.09. The van der Waals surface area contributed by atoms with Gasteiger partial charge in [0.1, 0.15) is 23.0 Å². The molecule has 0 saturated carbocycles. The van der Waals surface area contributed by atoms with E-state index in [1.165, 1.54) is 48.5 Å². The molecule has 4 aromatic carbocycles. The molecule has 0 heterocycles. The van der Waals surface area contributed by atoms with Crippen molar-refractivity contribution >= 4 is 30.5 Å². The minimum atomic E-state index is -1.61. The standard InChI is InChI=1S/C36H35BO11/c1-4-33(38)45-22-6-5-21-44-29-15-9-26(10-16-29)34(39)46-30-17-11-27(12-18-30)36(41)48-32-20-19-31(23(2)24(32)3)47-35(40)25-7-13-28(14-8-25)37(42)43/h4,7-20,35,40,42-43H,1,5-6,21-22H2,2-3H3. The molecule has 0 saturated heterocycles. The van der Waals surface area contributed by atoms with E-state index in [1.54, 1.807) is 50.2 Å². The van der Waals surface area contributed by atoms with Crippen LogP contribution in [-0.2, 0) is 9.53 Å². The van der Waals surface area contributed by atoms with E-state index in [-0.39, 0.29) is 23.4 Å². The van der Waals surface area contributed by atoms with Gasteiger partial charge in [-0.3, -0.25) is 0 Å². The van der Waals surface area contributed by atoms with Crippen LogP contribution in [0.4, 0.5) is 0 Å². The summed E-state index contributed by atoms with van der Waals surface area (Å²) < 4.78 is 27.3. The Hall–Kier alpha value is -5.43. The van der Waals surface area contributed by atoms with E-state index >= 15 is 0 Å². The van der Waals surface area contributed by atoms with Crippen LogP contribution < -0.4 is 24.4 Å². The normalized spacial score (nSPS) is 11.2. The third kappa shape index (κ3) is 9.79. The molecule has 0 bridgehead atoms. The van der Waals surface area contributed by atoms with Crippen molar-refractivity contribution in [3.05, 3.63) is 125 Å². The van der Waals surface area contributed by atoms with E-state index in [0.29, 0.717) is 59.0 Å². The summed E-state index contributed by atoms with van der Waals surface area (Å²) in [7, 11) is -1.61. The third-order valence-electron chi connectivity index (χ3n) is 7.26. The molecule has 0 aliphatic rings.